The maximum absolute atomic E-state index is 14.1. The highest BCUT2D eigenvalue weighted by atomic mass is 16.5. The number of hydrogen-bond donors (Lipinski definition) is 3. The minimum absolute atomic E-state index is 0.0199. The van der Waals surface area contributed by atoms with Crippen LogP contribution in [0.15, 0.2) is 140 Å². The Morgan fingerprint density at radius 2 is 1.39 bits per heavy atom. The summed E-state index contributed by atoms with van der Waals surface area (Å²) in [4.78, 5) is 65.4. The Morgan fingerprint density at radius 1 is 0.770 bits per heavy atom. The lowest BCUT2D eigenvalue weighted by atomic mass is 9.85. The van der Waals surface area contributed by atoms with Crippen LogP contribution in [0.2, 0.25) is 0 Å². The van der Waals surface area contributed by atoms with Crippen LogP contribution in [0.4, 0.5) is 0 Å². The van der Waals surface area contributed by atoms with Crippen molar-refractivity contribution >= 4 is 45.7 Å². The average Bonchev–Trinajstić information content (AvgIpc) is 3.82. The predicted octanol–water partition coefficient (Wildman–Crippen LogP) is 10.8. The first-order valence-corrected chi connectivity index (χ1v) is 26.4. The lowest BCUT2D eigenvalue weighted by molar-refractivity contribution is -0.144. The van der Waals surface area contributed by atoms with Gasteiger partial charge in [-0.15, -0.1) is 0 Å². The highest BCUT2D eigenvalue weighted by Gasteiger charge is 2.44. The summed E-state index contributed by atoms with van der Waals surface area (Å²) in [6.07, 6.45) is 10.6. The zero-order valence-electron chi connectivity index (χ0n) is 43.9. The van der Waals surface area contributed by atoms with Gasteiger partial charge in [-0.1, -0.05) is 163 Å². The first-order valence-electron chi connectivity index (χ1n) is 26.4. The molecule has 0 spiro atoms. The summed E-state index contributed by atoms with van der Waals surface area (Å²) in [5.74, 6) is -0.0456. The fourth-order valence-electron chi connectivity index (χ4n) is 9.70. The monoisotopic (exact) mass is 999 g/mol. The summed E-state index contributed by atoms with van der Waals surface area (Å²) >= 11 is 0. The summed E-state index contributed by atoms with van der Waals surface area (Å²) in [5.41, 5.74) is 9.21. The van der Waals surface area contributed by atoms with Gasteiger partial charge in [-0.05, 0) is 93.5 Å². The van der Waals surface area contributed by atoms with Crippen LogP contribution in [0.5, 0.6) is 5.75 Å². The quantitative estimate of drug-likeness (QED) is 0.0400. The third-order valence-corrected chi connectivity index (χ3v) is 13.9. The van der Waals surface area contributed by atoms with E-state index < -0.39 is 23.6 Å². The number of unbranched alkanes of at least 4 members (excludes halogenated alkanes) is 6. The van der Waals surface area contributed by atoms with Gasteiger partial charge in [-0.2, -0.15) is 0 Å². The van der Waals surface area contributed by atoms with E-state index in [9.17, 15) is 24.3 Å². The number of rotatable bonds is 24. The molecule has 7 rings (SSSR count). The summed E-state index contributed by atoms with van der Waals surface area (Å²) in [6, 6.07) is 41.5. The number of aliphatic hydroxyl groups excluding tert-OH is 1. The molecule has 388 valence electrons. The van der Waals surface area contributed by atoms with Gasteiger partial charge in [0.1, 0.15) is 30.8 Å². The van der Waals surface area contributed by atoms with Crippen LogP contribution < -0.4 is 15.4 Å². The molecule has 0 aliphatic carbocycles. The van der Waals surface area contributed by atoms with E-state index in [4.69, 9.17) is 4.74 Å². The highest BCUT2D eigenvalue weighted by Crippen LogP contribution is 2.35. The van der Waals surface area contributed by atoms with Gasteiger partial charge in [-0.3, -0.25) is 19.2 Å². The second-order valence-electron chi connectivity index (χ2n) is 20.6. The topological polar surface area (TPSA) is 154 Å². The zero-order valence-corrected chi connectivity index (χ0v) is 43.9. The van der Waals surface area contributed by atoms with Crippen molar-refractivity contribution in [3.05, 3.63) is 162 Å². The second kappa shape index (κ2) is 26.7. The largest absolute Gasteiger partial charge is 0.492 e. The molecule has 5 aromatic carbocycles. The number of ether oxygens (including phenoxy) is 1. The van der Waals surface area contributed by atoms with Crippen LogP contribution in [0.1, 0.15) is 121 Å². The van der Waals surface area contributed by atoms with Crippen LogP contribution >= 0.6 is 0 Å². The smallest absolute Gasteiger partial charge is 0.246 e. The molecule has 1 aliphatic rings. The molecule has 1 saturated heterocycles. The van der Waals surface area contributed by atoms with Gasteiger partial charge in [0.05, 0.1) is 18.2 Å². The van der Waals surface area contributed by atoms with E-state index in [1.807, 2.05) is 94.5 Å². The Hall–Kier alpha value is -7.18. The lowest BCUT2D eigenvalue weighted by Crippen LogP contribution is -2.57. The van der Waals surface area contributed by atoms with E-state index in [2.05, 4.69) is 88.2 Å². The molecule has 0 saturated carbocycles. The van der Waals surface area contributed by atoms with Crippen molar-refractivity contribution in [2.24, 2.45) is 5.41 Å². The second-order valence-corrected chi connectivity index (χ2v) is 20.6. The van der Waals surface area contributed by atoms with Crippen LogP contribution in [0.3, 0.4) is 0 Å². The van der Waals surface area contributed by atoms with Gasteiger partial charge in [0.2, 0.25) is 23.6 Å². The number of amides is 4. The molecule has 0 radical (unpaired) electrons. The molecule has 12 nitrogen and oxygen atoms in total. The Morgan fingerprint density at radius 3 is 2.05 bits per heavy atom. The normalized spacial score (nSPS) is 15.3. The van der Waals surface area contributed by atoms with Crippen molar-refractivity contribution in [3.8, 4) is 16.9 Å². The number of carbonyl (C=O) groups excluding carboxylic acids is 4. The number of likely N-dealkylation sites (tertiary alicyclic amines) is 1. The van der Waals surface area contributed by atoms with Crippen molar-refractivity contribution in [3.63, 3.8) is 0 Å². The maximum Gasteiger partial charge on any atom is 0.246 e. The Labute approximate surface area is 437 Å². The molecule has 12 heteroatoms. The molecule has 1 aliphatic heterocycles. The number of β-amino-alcohol motifs (C(OH)–C–C–N with tert-alkyl or cyclic N) is 1. The number of aromatic nitrogens is 2. The Kier molecular flexibility index (Phi) is 19.7. The summed E-state index contributed by atoms with van der Waals surface area (Å²) in [7, 11) is 1.83. The average molecular weight is 999 g/mol. The number of benzene rings is 5. The first-order chi connectivity index (χ1) is 35.8. The molecule has 0 unspecified atom stereocenters. The molecule has 2 heterocycles. The van der Waals surface area contributed by atoms with E-state index in [1.54, 1.807) is 11.1 Å². The fraction of sp³-hybridized carbons (Fsp3) is 0.387. The van der Waals surface area contributed by atoms with Gasteiger partial charge >= 0.3 is 0 Å². The third-order valence-electron chi connectivity index (χ3n) is 13.9. The number of nitrogens with zero attached hydrogens (tertiary/aromatic N) is 4. The Balaban J connectivity index is 0.768. The van der Waals surface area contributed by atoms with E-state index in [0.717, 1.165) is 83.9 Å². The lowest BCUT2D eigenvalue weighted by Gasteiger charge is -2.35. The van der Waals surface area contributed by atoms with Gasteiger partial charge in [0, 0.05) is 51.0 Å². The van der Waals surface area contributed by atoms with E-state index >= 15 is 0 Å². The molecular formula is C62H74N6O6. The summed E-state index contributed by atoms with van der Waals surface area (Å²) < 4.78 is 6.09. The SMILES string of the molecule is CC/C(=C(\c1ccccc1)c1ccc(OCCN(C)C(=O)CCCCCCCCCC(=O)N[C@H](C(=O)N2C[C@H](O)C[C@H]2C(=O)NCc2ccc(-c3ccc4ncncc4c3)cc2)C(C)(C)C)cc1)c1ccccc1. The molecule has 0 bridgehead atoms. The number of hydrogen-bond acceptors (Lipinski definition) is 8. The molecular weight excluding hydrogens is 925 g/mol. The van der Waals surface area contributed by atoms with Crippen molar-refractivity contribution in [2.75, 3.05) is 26.7 Å². The molecule has 1 fully saturated rings. The molecule has 1 aromatic heterocycles. The van der Waals surface area contributed by atoms with Gasteiger partial charge in [-0.25, -0.2) is 9.97 Å². The van der Waals surface area contributed by atoms with Crippen molar-refractivity contribution < 1.29 is 29.0 Å². The minimum Gasteiger partial charge on any atom is -0.492 e. The third kappa shape index (κ3) is 15.2. The molecule has 3 N–H and O–H groups in total. The van der Waals surface area contributed by atoms with Crippen molar-refractivity contribution in [1.29, 1.82) is 0 Å². The van der Waals surface area contributed by atoms with E-state index in [1.165, 1.54) is 33.5 Å². The van der Waals surface area contributed by atoms with E-state index in [0.29, 0.717) is 26.0 Å². The number of likely N-dealkylation sites (N-methyl/N-ethyl adjacent to an activating group) is 1. The summed E-state index contributed by atoms with van der Waals surface area (Å²) in [5, 5.41) is 17.5. The van der Waals surface area contributed by atoms with Gasteiger partial charge in [0.15, 0.2) is 0 Å². The molecule has 6 aromatic rings. The van der Waals surface area contributed by atoms with Crippen LogP contribution in [-0.2, 0) is 25.7 Å². The highest BCUT2D eigenvalue weighted by molar-refractivity contribution is 5.98. The number of fused-ring (bicyclic) bond motifs is 1. The van der Waals surface area contributed by atoms with Gasteiger partial charge in [0.25, 0.3) is 0 Å². The van der Waals surface area contributed by atoms with Crippen LogP contribution in [0, 0.1) is 5.41 Å². The Bertz CT molecular complexity index is 2810. The maximum atomic E-state index is 14.1. The molecule has 3 atom stereocenters. The van der Waals surface area contributed by atoms with Crippen LogP contribution in [0.25, 0.3) is 33.2 Å². The minimum atomic E-state index is -0.867. The van der Waals surface area contributed by atoms with Crippen LogP contribution in [-0.4, -0.2) is 93.4 Å². The predicted molar refractivity (Wildman–Crippen MR) is 295 cm³/mol. The summed E-state index contributed by atoms with van der Waals surface area (Å²) in [6.45, 7) is 9.06. The number of nitrogens with one attached hydrogen (secondary N) is 2. The van der Waals surface area contributed by atoms with Crippen molar-refractivity contribution in [2.45, 2.75) is 123 Å². The zero-order chi connectivity index (χ0) is 52.5. The van der Waals surface area contributed by atoms with Gasteiger partial charge < -0.3 is 30.3 Å². The molecule has 74 heavy (non-hydrogen) atoms. The number of aliphatic hydroxyl groups is 1. The molecule has 4 amide bonds. The first kappa shape index (κ1) is 54.6. The van der Waals surface area contributed by atoms with Crippen molar-refractivity contribution in [1.82, 2.24) is 30.4 Å². The van der Waals surface area contributed by atoms with E-state index in [-0.39, 0.29) is 49.6 Å². The number of carbonyl (C=O) groups is 4. The number of allylic oxidation sites excluding steroid dienone is 1. The fourth-order valence-corrected chi connectivity index (χ4v) is 9.70. The standard InChI is InChI=1S/C62H74N6O6/c1-6-53(46-20-14-12-15-21-46)58(47-22-16-13-17-23-47)48-30-33-52(34-31-48)74-37-36-67(5)57(71)25-19-11-9-7-8-10-18-24-56(70)66-59(62(2,3)4)61(73)68-42-51(69)39-55(68)60(72)64-40-44-26-28-45(29-27-44)49-32-35-54-50(38-49)41-63-43-65-54/h12-17,20-23,26-35,38,41,43,51,55,59,69H,6-11,18-19,24-25,36-37,39-40,42H2,1-5H3,(H,64,72)(H,66,70)/b58-53-/t51-,55+,59-/m1/s1.